The van der Waals surface area contributed by atoms with E-state index in [2.05, 4.69) is 10.6 Å². The molecule has 0 saturated heterocycles. The van der Waals surface area contributed by atoms with Crippen LogP contribution in [0, 0.1) is 5.92 Å². The highest BCUT2D eigenvalue weighted by Gasteiger charge is 2.27. The Labute approximate surface area is 193 Å². The highest BCUT2D eigenvalue weighted by atomic mass is 35.5. The SMILES string of the molecule is COc1ccccc1[C@H](CNC(=O)[C@@H](NC(=O)c1ccc(Cl)cc1Cl)C(C)C)N(C)C. The van der Waals surface area contributed by atoms with Gasteiger partial charge in [-0.1, -0.05) is 55.2 Å². The van der Waals surface area contributed by atoms with Crippen LogP contribution in [-0.4, -0.2) is 50.5 Å². The predicted molar refractivity (Wildman–Crippen MR) is 125 cm³/mol. The average molecular weight is 466 g/mol. The number of nitrogens with one attached hydrogen (secondary N) is 2. The molecule has 2 atom stereocenters. The number of para-hydroxylation sites is 1. The molecule has 2 aromatic carbocycles. The van der Waals surface area contributed by atoms with E-state index in [1.54, 1.807) is 19.2 Å². The fourth-order valence-corrected chi connectivity index (χ4v) is 3.74. The average Bonchev–Trinajstić information content (AvgIpc) is 2.71. The molecule has 2 aromatic rings. The lowest BCUT2D eigenvalue weighted by atomic mass is 10.0. The second-order valence-electron chi connectivity index (χ2n) is 7.79. The number of carbonyl (C=O) groups is 2. The first-order chi connectivity index (χ1) is 14.6. The minimum atomic E-state index is -0.722. The molecule has 0 aromatic heterocycles. The van der Waals surface area contributed by atoms with Crippen molar-refractivity contribution in [2.45, 2.75) is 25.9 Å². The summed E-state index contributed by atoms with van der Waals surface area (Å²) < 4.78 is 5.47. The van der Waals surface area contributed by atoms with E-state index in [4.69, 9.17) is 27.9 Å². The Morgan fingerprint density at radius 2 is 1.77 bits per heavy atom. The number of hydrogen-bond donors (Lipinski definition) is 2. The number of amides is 2. The van der Waals surface area contributed by atoms with Crippen LogP contribution in [0.4, 0.5) is 0 Å². The number of carbonyl (C=O) groups excluding carboxylic acids is 2. The molecule has 2 N–H and O–H groups in total. The van der Waals surface area contributed by atoms with Crippen LogP contribution in [0.1, 0.15) is 35.8 Å². The topological polar surface area (TPSA) is 70.7 Å². The van der Waals surface area contributed by atoms with E-state index >= 15 is 0 Å². The van der Waals surface area contributed by atoms with Crippen LogP contribution in [0.25, 0.3) is 0 Å². The second-order valence-corrected chi connectivity index (χ2v) is 8.63. The van der Waals surface area contributed by atoms with Gasteiger partial charge in [-0.15, -0.1) is 0 Å². The highest BCUT2D eigenvalue weighted by molar-refractivity contribution is 6.36. The molecule has 0 spiro atoms. The number of methoxy groups -OCH3 is 1. The van der Waals surface area contributed by atoms with Crippen molar-refractivity contribution in [3.05, 3.63) is 63.6 Å². The van der Waals surface area contributed by atoms with Crippen LogP contribution >= 0.6 is 23.2 Å². The first-order valence-corrected chi connectivity index (χ1v) is 10.7. The zero-order valence-corrected chi connectivity index (χ0v) is 19.9. The number of benzene rings is 2. The van der Waals surface area contributed by atoms with Gasteiger partial charge in [0.2, 0.25) is 5.91 Å². The van der Waals surface area contributed by atoms with Crippen LogP contribution in [0.15, 0.2) is 42.5 Å². The Bertz CT molecular complexity index is 919. The Morgan fingerprint density at radius 3 is 2.35 bits per heavy atom. The van der Waals surface area contributed by atoms with Gasteiger partial charge in [-0.2, -0.15) is 0 Å². The van der Waals surface area contributed by atoms with Crippen molar-refractivity contribution >= 4 is 35.0 Å². The normalized spacial score (nSPS) is 13.1. The molecule has 0 saturated carbocycles. The molecule has 6 nitrogen and oxygen atoms in total. The second kappa shape index (κ2) is 11.4. The number of halogens is 2. The summed E-state index contributed by atoms with van der Waals surface area (Å²) in [5, 5.41) is 6.43. The minimum Gasteiger partial charge on any atom is -0.496 e. The maximum absolute atomic E-state index is 13.0. The van der Waals surface area contributed by atoms with Crippen LogP contribution < -0.4 is 15.4 Å². The molecule has 8 heteroatoms. The van der Waals surface area contributed by atoms with Crippen LogP contribution in [0.3, 0.4) is 0 Å². The quantitative estimate of drug-likeness (QED) is 0.582. The number of rotatable bonds is 9. The number of hydrogen-bond acceptors (Lipinski definition) is 4. The Hall–Kier alpha value is -2.28. The molecule has 2 rings (SSSR count). The summed E-state index contributed by atoms with van der Waals surface area (Å²) in [5.41, 5.74) is 1.23. The van der Waals surface area contributed by atoms with E-state index in [9.17, 15) is 9.59 Å². The minimum absolute atomic E-state index is 0.102. The third-order valence-electron chi connectivity index (χ3n) is 5.00. The summed E-state index contributed by atoms with van der Waals surface area (Å²) in [4.78, 5) is 27.7. The van der Waals surface area contributed by atoms with Crippen molar-refractivity contribution in [1.29, 1.82) is 0 Å². The van der Waals surface area contributed by atoms with Gasteiger partial charge in [-0.3, -0.25) is 9.59 Å². The van der Waals surface area contributed by atoms with Crippen molar-refractivity contribution in [1.82, 2.24) is 15.5 Å². The fourth-order valence-electron chi connectivity index (χ4n) is 3.25. The number of likely N-dealkylation sites (N-methyl/N-ethyl adjacent to an activating group) is 1. The molecule has 0 aliphatic carbocycles. The van der Waals surface area contributed by atoms with Crippen molar-refractivity contribution in [2.75, 3.05) is 27.7 Å². The lowest BCUT2D eigenvalue weighted by molar-refractivity contribution is -0.124. The number of ether oxygens (including phenoxy) is 1. The molecular formula is C23H29Cl2N3O3. The molecule has 0 unspecified atom stereocenters. The summed E-state index contributed by atoms with van der Waals surface area (Å²) in [6.45, 7) is 4.10. The lowest BCUT2D eigenvalue weighted by Crippen LogP contribution is -2.51. The van der Waals surface area contributed by atoms with E-state index in [1.807, 2.05) is 57.1 Å². The number of nitrogens with zero attached hydrogens (tertiary/aromatic N) is 1. The standard InChI is InChI=1S/C23H29Cl2N3O3/c1-14(2)21(27-22(29)16-11-10-15(24)12-18(16)25)23(30)26-13-19(28(3)4)17-8-6-7-9-20(17)31-5/h6-12,14,19,21H,13H2,1-5H3,(H,26,30)(H,27,29)/t19-,21-/m0/s1. The Balaban J connectivity index is 2.13. The molecule has 2 amide bonds. The summed E-state index contributed by atoms with van der Waals surface area (Å²) in [7, 11) is 5.50. The van der Waals surface area contributed by atoms with Gasteiger partial charge in [0.25, 0.3) is 5.91 Å². The van der Waals surface area contributed by atoms with E-state index in [0.717, 1.165) is 11.3 Å². The van der Waals surface area contributed by atoms with Crippen molar-refractivity contribution in [3.8, 4) is 5.75 Å². The third kappa shape index (κ3) is 6.60. The van der Waals surface area contributed by atoms with E-state index < -0.39 is 11.9 Å². The molecule has 31 heavy (non-hydrogen) atoms. The van der Waals surface area contributed by atoms with Crippen molar-refractivity contribution < 1.29 is 14.3 Å². The monoisotopic (exact) mass is 465 g/mol. The summed E-state index contributed by atoms with van der Waals surface area (Å²) in [6, 6.07) is 11.5. The maximum atomic E-state index is 13.0. The lowest BCUT2D eigenvalue weighted by Gasteiger charge is -2.28. The Kier molecular flexibility index (Phi) is 9.16. The van der Waals surface area contributed by atoms with E-state index in [1.165, 1.54) is 6.07 Å². The van der Waals surface area contributed by atoms with Crippen LogP contribution in [0.5, 0.6) is 5.75 Å². The predicted octanol–water partition coefficient (Wildman–Crippen LogP) is 4.18. The van der Waals surface area contributed by atoms with Gasteiger partial charge in [0, 0.05) is 17.1 Å². The van der Waals surface area contributed by atoms with Crippen LogP contribution in [-0.2, 0) is 4.79 Å². The summed E-state index contributed by atoms with van der Waals surface area (Å²) in [5.74, 6) is -0.0692. The van der Waals surface area contributed by atoms with Crippen LogP contribution in [0.2, 0.25) is 10.0 Å². The highest BCUT2D eigenvalue weighted by Crippen LogP contribution is 2.27. The van der Waals surface area contributed by atoms with E-state index in [0.29, 0.717) is 11.6 Å². The molecule has 0 aliphatic heterocycles. The first kappa shape index (κ1) is 25.0. The molecule has 0 radical (unpaired) electrons. The molecular weight excluding hydrogens is 437 g/mol. The van der Waals surface area contributed by atoms with Gasteiger partial charge in [-0.25, -0.2) is 0 Å². The summed E-state index contributed by atoms with van der Waals surface area (Å²) in [6.07, 6.45) is 0. The zero-order valence-electron chi connectivity index (χ0n) is 18.4. The fraction of sp³-hybridized carbons (Fsp3) is 0.391. The van der Waals surface area contributed by atoms with Gasteiger partial charge < -0.3 is 20.3 Å². The van der Waals surface area contributed by atoms with Gasteiger partial charge in [0.05, 0.1) is 23.7 Å². The van der Waals surface area contributed by atoms with Crippen molar-refractivity contribution in [3.63, 3.8) is 0 Å². The van der Waals surface area contributed by atoms with Gasteiger partial charge >= 0.3 is 0 Å². The zero-order chi connectivity index (χ0) is 23.1. The van der Waals surface area contributed by atoms with Gasteiger partial charge in [0.1, 0.15) is 11.8 Å². The van der Waals surface area contributed by atoms with Gasteiger partial charge in [0.15, 0.2) is 0 Å². The van der Waals surface area contributed by atoms with Gasteiger partial charge in [-0.05, 0) is 44.3 Å². The maximum Gasteiger partial charge on any atom is 0.253 e. The summed E-state index contributed by atoms with van der Waals surface area (Å²) >= 11 is 12.0. The molecule has 0 fully saturated rings. The van der Waals surface area contributed by atoms with E-state index in [-0.39, 0.29) is 28.5 Å². The molecule has 0 bridgehead atoms. The smallest absolute Gasteiger partial charge is 0.253 e. The molecule has 0 aliphatic rings. The molecule has 0 heterocycles. The third-order valence-corrected chi connectivity index (χ3v) is 5.55. The largest absolute Gasteiger partial charge is 0.496 e. The molecule has 168 valence electrons. The van der Waals surface area contributed by atoms with Crippen molar-refractivity contribution in [2.24, 2.45) is 5.92 Å². The Morgan fingerprint density at radius 1 is 1.10 bits per heavy atom. The first-order valence-electron chi connectivity index (χ1n) is 9.98.